The van der Waals surface area contributed by atoms with E-state index >= 15 is 0 Å². The van der Waals surface area contributed by atoms with Gasteiger partial charge in [0, 0.05) is 21.7 Å². The average molecular weight is 396 g/mol. The van der Waals surface area contributed by atoms with Gasteiger partial charge >= 0.3 is 0 Å². The van der Waals surface area contributed by atoms with E-state index in [2.05, 4.69) is 0 Å². The van der Waals surface area contributed by atoms with Crippen molar-refractivity contribution in [3.63, 3.8) is 0 Å². The largest absolute Gasteiger partial charge is 0.491 e. The molecule has 2 aromatic rings. The third-order valence-corrected chi connectivity index (χ3v) is 4.25. The molecular formula is C16H16Cl4NO2+. The second-order valence-corrected chi connectivity index (χ2v) is 6.73. The lowest BCUT2D eigenvalue weighted by Crippen LogP contribution is -2.85. The van der Waals surface area contributed by atoms with Gasteiger partial charge in [-0.25, -0.2) is 0 Å². The van der Waals surface area contributed by atoms with Gasteiger partial charge in [0.2, 0.25) is 0 Å². The topological polar surface area (TPSA) is 46.1 Å². The number of benzene rings is 2. The number of nitrogens with two attached hydrogens (primary N) is 1. The maximum Gasteiger partial charge on any atom is 0.137 e. The number of aliphatic hydroxyl groups is 1. The Hall–Kier alpha value is -0.680. The SMILES string of the molecule is O[C@H](C[NH2+]Cc1cc(Cl)cc(Cl)c1)COc1ccc(Cl)c(Cl)c1. The molecule has 0 aliphatic carbocycles. The minimum Gasteiger partial charge on any atom is -0.491 e. The first-order valence-corrected chi connectivity index (χ1v) is 8.48. The summed E-state index contributed by atoms with van der Waals surface area (Å²) in [6, 6.07) is 10.4. The lowest BCUT2D eigenvalue weighted by molar-refractivity contribution is -0.676. The predicted molar refractivity (Wildman–Crippen MR) is 94.9 cm³/mol. The molecule has 0 spiro atoms. The molecule has 0 amide bonds. The standard InChI is InChI=1S/C16H15Cl4NO2/c17-11-3-10(4-12(18)5-11)7-21-8-13(22)9-23-14-1-2-15(19)16(20)6-14/h1-6,13,21-22H,7-9H2/p+1/t13-/m1/s1. The number of hydrogen-bond acceptors (Lipinski definition) is 2. The fourth-order valence-corrected chi connectivity index (χ4v) is 2.86. The molecule has 2 rings (SSSR count). The van der Waals surface area contributed by atoms with Crippen LogP contribution in [0.15, 0.2) is 36.4 Å². The molecule has 124 valence electrons. The monoisotopic (exact) mass is 394 g/mol. The van der Waals surface area contributed by atoms with Crippen molar-refractivity contribution in [1.29, 1.82) is 0 Å². The smallest absolute Gasteiger partial charge is 0.137 e. The molecule has 7 heteroatoms. The molecule has 0 radical (unpaired) electrons. The van der Waals surface area contributed by atoms with E-state index in [0.717, 1.165) is 5.56 Å². The Morgan fingerprint density at radius 2 is 1.65 bits per heavy atom. The van der Waals surface area contributed by atoms with Crippen molar-refractivity contribution in [3.8, 4) is 5.75 Å². The third kappa shape index (κ3) is 6.38. The molecule has 0 heterocycles. The van der Waals surface area contributed by atoms with Crippen LogP contribution in [-0.4, -0.2) is 24.4 Å². The Morgan fingerprint density at radius 3 is 2.30 bits per heavy atom. The van der Waals surface area contributed by atoms with Crippen LogP contribution in [0.25, 0.3) is 0 Å². The highest BCUT2D eigenvalue weighted by Gasteiger charge is 2.09. The molecule has 1 atom stereocenters. The van der Waals surface area contributed by atoms with E-state index in [4.69, 9.17) is 51.1 Å². The zero-order chi connectivity index (χ0) is 16.8. The van der Waals surface area contributed by atoms with Crippen molar-refractivity contribution in [2.24, 2.45) is 0 Å². The molecule has 0 saturated heterocycles. The Bertz CT molecular complexity index is 646. The van der Waals surface area contributed by atoms with E-state index in [1.54, 1.807) is 24.3 Å². The van der Waals surface area contributed by atoms with Crippen LogP contribution in [0.2, 0.25) is 20.1 Å². The number of ether oxygens (including phenoxy) is 1. The molecule has 0 aliphatic heterocycles. The normalized spacial score (nSPS) is 12.2. The predicted octanol–water partition coefficient (Wildman–Crippen LogP) is 3.80. The Labute approximate surface area is 155 Å². The van der Waals surface area contributed by atoms with Crippen molar-refractivity contribution in [2.45, 2.75) is 12.6 Å². The first-order valence-electron chi connectivity index (χ1n) is 6.96. The van der Waals surface area contributed by atoms with Crippen LogP contribution in [0.5, 0.6) is 5.75 Å². The molecule has 0 aliphatic rings. The summed E-state index contributed by atoms with van der Waals surface area (Å²) in [4.78, 5) is 0. The molecule has 0 unspecified atom stereocenters. The van der Waals surface area contributed by atoms with Crippen LogP contribution in [0.1, 0.15) is 5.56 Å². The summed E-state index contributed by atoms with van der Waals surface area (Å²) in [5.74, 6) is 0.570. The number of halogens is 4. The molecule has 23 heavy (non-hydrogen) atoms. The van der Waals surface area contributed by atoms with Gasteiger partial charge in [-0.15, -0.1) is 0 Å². The van der Waals surface area contributed by atoms with E-state index < -0.39 is 6.10 Å². The van der Waals surface area contributed by atoms with Gasteiger partial charge in [0.25, 0.3) is 0 Å². The Kier molecular flexibility index (Phi) is 7.28. The van der Waals surface area contributed by atoms with Gasteiger partial charge in [0.15, 0.2) is 0 Å². The maximum absolute atomic E-state index is 9.95. The summed E-state index contributed by atoms with van der Waals surface area (Å²) in [5.41, 5.74) is 1.00. The third-order valence-electron chi connectivity index (χ3n) is 3.07. The lowest BCUT2D eigenvalue weighted by atomic mass is 10.2. The van der Waals surface area contributed by atoms with E-state index in [1.807, 2.05) is 17.4 Å². The molecule has 0 aromatic heterocycles. The van der Waals surface area contributed by atoms with Gasteiger partial charge in [-0.05, 0) is 30.3 Å². The van der Waals surface area contributed by atoms with Crippen molar-refractivity contribution >= 4 is 46.4 Å². The van der Waals surface area contributed by atoms with Crippen molar-refractivity contribution in [1.82, 2.24) is 0 Å². The Morgan fingerprint density at radius 1 is 0.957 bits per heavy atom. The van der Waals surface area contributed by atoms with Gasteiger partial charge in [-0.3, -0.25) is 0 Å². The Balaban J connectivity index is 1.74. The second kappa shape index (κ2) is 8.97. The highest BCUT2D eigenvalue weighted by atomic mass is 35.5. The molecule has 3 N–H and O–H groups in total. The first-order chi connectivity index (χ1) is 10.9. The number of rotatable bonds is 7. The maximum atomic E-state index is 9.95. The molecule has 0 bridgehead atoms. The van der Waals surface area contributed by atoms with Gasteiger partial charge in [0.05, 0.1) is 10.0 Å². The zero-order valence-corrected chi connectivity index (χ0v) is 15.1. The van der Waals surface area contributed by atoms with Crippen LogP contribution < -0.4 is 10.1 Å². The number of quaternary nitrogens is 1. The van der Waals surface area contributed by atoms with Gasteiger partial charge in [-0.2, -0.15) is 0 Å². The summed E-state index contributed by atoms with van der Waals surface area (Å²) in [6.07, 6.45) is -0.612. The molecule has 0 fully saturated rings. The summed E-state index contributed by atoms with van der Waals surface area (Å²) < 4.78 is 5.49. The fraction of sp³-hybridized carbons (Fsp3) is 0.250. The van der Waals surface area contributed by atoms with Gasteiger partial charge in [0.1, 0.15) is 31.5 Å². The van der Waals surface area contributed by atoms with E-state index in [0.29, 0.717) is 38.9 Å². The molecule has 2 aromatic carbocycles. The summed E-state index contributed by atoms with van der Waals surface area (Å²) in [7, 11) is 0. The van der Waals surface area contributed by atoms with Gasteiger partial charge in [-0.1, -0.05) is 46.4 Å². The van der Waals surface area contributed by atoms with Crippen LogP contribution in [0.3, 0.4) is 0 Å². The average Bonchev–Trinajstić information content (AvgIpc) is 2.47. The second-order valence-electron chi connectivity index (χ2n) is 5.05. The number of aliphatic hydroxyl groups excluding tert-OH is 1. The summed E-state index contributed by atoms with van der Waals surface area (Å²) in [6.45, 7) is 1.33. The van der Waals surface area contributed by atoms with Crippen molar-refractivity contribution in [3.05, 3.63) is 62.1 Å². The highest BCUT2D eigenvalue weighted by Crippen LogP contribution is 2.26. The van der Waals surface area contributed by atoms with E-state index in [1.165, 1.54) is 0 Å². The van der Waals surface area contributed by atoms with Crippen LogP contribution in [0, 0.1) is 0 Å². The fourth-order valence-electron chi connectivity index (χ4n) is 2.00. The first kappa shape index (κ1) is 18.7. The molecule has 3 nitrogen and oxygen atoms in total. The van der Waals surface area contributed by atoms with Gasteiger partial charge < -0.3 is 15.2 Å². The van der Waals surface area contributed by atoms with Crippen LogP contribution in [0.4, 0.5) is 0 Å². The number of hydrogen-bond donors (Lipinski definition) is 2. The van der Waals surface area contributed by atoms with Crippen molar-refractivity contribution < 1.29 is 15.2 Å². The molecule has 0 saturated carbocycles. The van der Waals surface area contributed by atoms with Crippen LogP contribution in [-0.2, 0) is 6.54 Å². The van der Waals surface area contributed by atoms with E-state index in [-0.39, 0.29) is 6.61 Å². The minimum atomic E-state index is -0.612. The lowest BCUT2D eigenvalue weighted by Gasteiger charge is -2.12. The van der Waals surface area contributed by atoms with E-state index in [9.17, 15) is 5.11 Å². The quantitative estimate of drug-likeness (QED) is 0.748. The molecular weight excluding hydrogens is 380 g/mol. The summed E-state index contributed by atoms with van der Waals surface area (Å²) >= 11 is 23.6. The summed E-state index contributed by atoms with van der Waals surface area (Å²) in [5, 5.41) is 14.0. The van der Waals surface area contributed by atoms with Crippen LogP contribution >= 0.6 is 46.4 Å². The minimum absolute atomic E-state index is 0.171. The zero-order valence-electron chi connectivity index (χ0n) is 12.1. The van der Waals surface area contributed by atoms with Crippen molar-refractivity contribution in [2.75, 3.05) is 13.2 Å². The highest BCUT2D eigenvalue weighted by molar-refractivity contribution is 6.42.